The molecule has 0 radical (unpaired) electrons. The maximum absolute atomic E-state index is 13.9. The van der Waals surface area contributed by atoms with Crippen LogP contribution in [0.1, 0.15) is 31.4 Å². The molecule has 2 rings (SSSR count). The fourth-order valence-electron chi connectivity index (χ4n) is 2.38. The van der Waals surface area contributed by atoms with Crippen molar-refractivity contribution < 1.29 is 18.3 Å². The molecule has 1 amide bonds. The molecule has 1 saturated heterocycles. The lowest BCUT2D eigenvalue weighted by Crippen LogP contribution is -2.48. The van der Waals surface area contributed by atoms with Crippen LogP contribution in [-0.4, -0.2) is 31.7 Å². The van der Waals surface area contributed by atoms with E-state index in [4.69, 9.17) is 4.74 Å². The molecule has 2 atom stereocenters. The molecule has 1 aliphatic rings. The van der Waals surface area contributed by atoms with E-state index in [2.05, 4.69) is 10.6 Å². The van der Waals surface area contributed by atoms with Gasteiger partial charge in [-0.1, -0.05) is 19.4 Å². The van der Waals surface area contributed by atoms with E-state index < -0.39 is 23.8 Å². The minimum Gasteiger partial charge on any atom is -0.366 e. The number of nitrogens with one attached hydrogen (secondary N) is 2. The van der Waals surface area contributed by atoms with Crippen LogP contribution in [0, 0.1) is 11.6 Å². The number of carbonyl (C=O) groups is 1. The molecular formula is C15H21ClF2N2O2. The zero-order chi connectivity index (χ0) is 15.2. The van der Waals surface area contributed by atoms with Crippen LogP contribution in [0.5, 0.6) is 0 Å². The van der Waals surface area contributed by atoms with Gasteiger partial charge in [0.2, 0.25) is 0 Å². The van der Waals surface area contributed by atoms with Crippen molar-refractivity contribution in [2.24, 2.45) is 0 Å². The Morgan fingerprint density at radius 2 is 2.27 bits per heavy atom. The van der Waals surface area contributed by atoms with Gasteiger partial charge in [0.05, 0.1) is 12.6 Å². The number of benzene rings is 1. The van der Waals surface area contributed by atoms with Gasteiger partial charge in [-0.25, -0.2) is 8.78 Å². The van der Waals surface area contributed by atoms with Gasteiger partial charge in [0.15, 0.2) is 0 Å². The molecule has 0 bridgehead atoms. The van der Waals surface area contributed by atoms with E-state index in [-0.39, 0.29) is 18.3 Å². The Balaban J connectivity index is 0.00000242. The predicted octanol–water partition coefficient (Wildman–Crippen LogP) is 2.33. The highest BCUT2D eigenvalue weighted by atomic mass is 35.5. The number of halogens is 3. The Morgan fingerprint density at radius 3 is 2.86 bits per heavy atom. The first-order valence-electron chi connectivity index (χ1n) is 7.19. The molecule has 7 heteroatoms. The zero-order valence-corrected chi connectivity index (χ0v) is 13.2. The molecule has 0 aromatic heterocycles. The fourth-order valence-corrected chi connectivity index (χ4v) is 2.38. The summed E-state index contributed by atoms with van der Waals surface area (Å²) >= 11 is 0. The standard InChI is InChI=1S/C15H20F2N2O2.ClH/c1-2-3-13(11-5-4-10(16)8-12(11)17)19-15(20)14-9-18-6-7-21-14;/h4-5,8,13-14,18H,2-3,6-7,9H2,1H3,(H,19,20);1H. The van der Waals surface area contributed by atoms with E-state index in [1.165, 1.54) is 12.1 Å². The summed E-state index contributed by atoms with van der Waals surface area (Å²) in [5.74, 6) is -1.54. The molecule has 0 aliphatic carbocycles. The number of morpholine rings is 1. The van der Waals surface area contributed by atoms with Gasteiger partial charge in [0, 0.05) is 24.7 Å². The third kappa shape index (κ3) is 4.90. The summed E-state index contributed by atoms with van der Waals surface area (Å²) in [6, 6.07) is 2.94. The monoisotopic (exact) mass is 334 g/mol. The van der Waals surface area contributed by atoms with Crippen LogP contribution in [0.25, 0.3) is 0 Å². The quantitative estimate of drug-likeness (QED) is 0.869. The smallest absolute Gasteiger partial charge is 0.250 e. The number of ether oxygens (including phenoxy) is 1. The lowest BCUT2D eigenvalue weighted by molar-refractivity contribution is -0.135. The molecular weight excluding hydrogens is 314 g/mol. The summed E-state index contributed by atoms with van der Waals surface area (Å²) in [4.78, 5) is 12.2. The molecule has 2 unspecified atom stereocenters. The number of amides is 1. The first kappa shape index (κ1) is 18.8. The van der Waals surface area contributed by atoms with Crippen molar-refractivity contribution in [1.82, 2.24) is 10.6 Å². The summed E-state index contributed by atoms with van der Waals surface area (Å²) in [5.41, 5.74) is 0.301. The predicted molar refractivity (Wildman–Crippen MR) is 82.0 cm³/mol. The van der Waals surface area contributed by atoms with Gasteiger partial charge in [-0.05, 0) is 12.5 Å². The van der Waals surface area contributed by atoms with E-state index in [0.29, 0.717) is 25.1 Å². The average Bonchev–Trinajstić information content (AvgIpc) is 2.48. The van der Waals surface area contributed by atoms with E-state index in [9.17, 15) is 13.6 Å². The average molecular weight is 335 g/mol. The summed E-state index contributed by atoms with van der Waals surface area (Å²) in [6.45, 7) is 3.58. The zero-order valence-electron chi connectivity index (χ0n) is 12.4. The summed E-state index contributed by atoms with van der Waals surface area (Å²) < 4.78 is 32.3. The van der Waals surface area contributed by atoms with Crippen LogP contribution in [-0.2, 0) is 9.53 Å². The normalized spacial score (nSPS) is 19.1. The summed E-state index contributed by atoms with van der Waals surface area (Å²) in [5, 5.41) is 5.87. The van der Waals surface area contributed by atoms with Gasteiger partial charge in [-0.3, -0.25) is 4.79 Å². The largest absolute Gasteiger partial charge is 0.366 e. The Hall–Kier alpha value is -1.24. The van der Waals surface area contributed by atoms with Crippen LogP contribution in [0.4, 0.5) is 8.78 Å². The molecule has 0 spiro atoms. The van der Waals surface area contributed by atoms with Crippen molar-refractivity contribution in [2.45, 2.75) is 31.9 Å². The Labute approximate surface area is 135 Å². The SMILES string of the molecule is CCCC(NC(=O)C1CNCCO1)c1ccc(F)cc1F.Cl. The van der Waals surface area contributed by atoms with Crippen molar-refractivity contribution >= 4 is 18.3 Å². The molecule has 1 aromatic rings. The van der Waals surface area contributed by atoms with Crippen molar-refractivity contribution in [3.8, 4) is 0 Å². The van der Waals surface area contributed by atoms with E-state index >= 15 is 0 Å². The number of hydrogen-bond donors (Lipinski definition) is 2. The van der Waals surface area contributed by atoms with Crippen molar-refractivity contribution in [3.05, 3.63) is 35.4 Å². The van der Waals surface area contributed by atoms with Crippen LogP contribution in [0.15, 0.2) is 18.2 Å². The van der Waals surface area contributed by atoms with Crippen LogP contribution >= 0.6 is 12.4 Å². The van der Waals surface area contributed by atoms with E-state index in [1.54, 1.807) is 0 Å². The van der Waals surface area contributed by atoms with Gasteiger partial charge >= 0.3 is 0 Å². The molecule has 1 heterocycles. The second-order valence-corrected chi connectivity index (χ2v) is 5.08. The minimum absolute atomic E-state index is 0. The molecule has 2 N–H and O–H groups in total. The first-order chi connectivity index (χ1) is 10.1. The molecule has 1 fully saturated rings. The van der Waals surface area contributed by atoms with Crippen molar-refractivity contribution in [2.75, 3.05) is 19.7 Å². The third-order valence-corrected chi connectivity index (χ3v) is 3.45. The lowest BCUT2D eigenvalue weighted by atomic mass is 10.0. The Morgan fingerprint density at radius 1 is 1.50 bits per heavy atom. The van der Waals surface area contributed by atoms with E-state index in [1.807, 2.05) is 6.92 Å². The highest BCUT2D eigenvalue weighted by molar-refractivity contribution is 5.85. The highest BCUT2D eigenvalue weighted by Crippen LogP contribution is 2.22. The third-order valence-electron chi connectivity index (χ3n) is 3.45. The first-order valence-corrected chi connectivity index (χ1v) is 7.19. The molecule has 124 valence electrons. The fraction of sp³-hybridized carbons (Fsp3) is 0.533. The van der Waals surface area contributed by atoms with Gasteiger partial charge < -0.3 is 15.4 Å². The minimum atomic E-state index is -0.642. The summed E-state index contributed by atoms with van der Waals surface area (Å²) in [7, 11) is 0. The number of carbonyl (C=O) groups excluding carboxylic acids is 1. The lowest BCUT2D eigenvalue weighted by Gasteiger charge is -2.26. The second kappa shape index (κ2) is 9.02. The van der Waals surface area contributed by atoms with Crippen LogP contribution < -0.4 is 10.6 Å². The van der Waals surface area contributed by atoms with Gasteiger partial charge in [-0.15, -0.1) is 12.4 Å². The number of rotatable bonds is 5. The summed E-state index contributed by atoms with van der Waals surface area (Å²) in [6.07, 6.45) is 0.779. The molecule has 22 heavy (non-hydrogen) atoms. The topological polar surface area (TPSA) is 50.4 Å². The van der Waals surface area contributed by atoms with Crippen molar-refractivity contribution in [1.29, 1.82) is 0 Å². The maximum atomic E-state index is 13.9. The van der Waals surface area contributed by atoms with Gasteiger partial charge in [0.25, 0.3) is 5.91 Å². The van der Waals surface area contributed by atoms with Gasteiger partial charge in [-0.2, -0.15) is 0 Å². The highest BCUT2D eigenvalue weighted by Gasteiger charge is 2.25. The van der Waals surface area contributed by atoms with Crippen LogP contribution in [0.2, 0.25) is 0 Å². The van der Waals surface area contributed by atoms with E-state index in [0.717, 1.165) is 19.0 Å². The van der Waals surface area contributed by atoms with Crippen molar-refractivity contribution in [3.63, 3.8) is 0 Å². The maximum Gasteiger partial charge on any atom is 0.250 e. The molecule has 1 aromatic carbocycles. The molecule has 4 nitrogen and oxygen atoms in total. The molecule has 1 aliphatic heterocycles. The van der Waals surface area contributed by atoms with Gasteiger partial charge in [0.1, 0.15) is 17.7 Å². The number of hydrogen-bond acceptors (Lipinski definition) is 3. The second-order valence-electron chi connectivity index (χ2n) is 5.08. The molecule has 0 saturated carbocycles. The van der Waals surface area contributed by atoms with Crippen LogP contribution in [0.3, 0.4) is 0 Å². The Bertz CT molecular complexity index is 496. The Kier molecular flexibility index (Phi) is 7.72.